The molecule has 3 aliphatic rings. The SMILES string of the molecule is Nc1nc(C#CCN(C(=O)Cc2ccccc2)C2CC2)nc2c1ncn2[C@@H]1O[C@H](C(=O)NC2CC2)[C@@H](O)[C@H]1O. The second-order valence-corrected chi connectivity index (χ2v) is 10.2. The van der Waals surface area contributed by atoms with E-state index in [1.165, 1.54) is 10.9 Å². The molecule has 2 aromatic heterocycles. The Morgan fingerprint density at radius 3 is 2.62 bits per heavy atom. The number of aliphatic hydroxyl groups is 2. The summed E-state index contributed by atoms with van der Waals surface area (Å²) in [4.78, 5) is 40.1. The zero-order valence-electron chi connectivity index (χ0n) is 21.1. The summed E-state index contributed by atoms with van der Waals surface area (Å²) in [7, 11) is 0. The van der Waals surface area contributed by atoms with Crippen LogP contribution >= 0.6 is 0 Å². The molecule has 2 aliphatic carbocycles. The van der Waals surface area contributed by atoms with Crippen molar-refractivity contribution in [3.63, 3.8) is 0 Å². The lowest BCUT2D eigenvalue weighted by Crippen LogP contribution is -2.43. The lowest BCUT2D eigenvalue weighted by molar-refractivity contribution is -0.137. The van der Waals surface area contributed by atoms with E-state index < -0.39 is 30.4 Å². The number of nitrogen functional groups attached to an aromatic ring is 1. The first-order valence-corrected chi connectivity index (χ1v) is 13.0. The molecule has 0 spiro atoms. The third-order valence-electron chi connectivity index (χ3n) is 7.10. The number of aliphatic hydroxyl groups excluding tert-OH is 2. The Morgan fingerprint density at radius 2 is 1.90 bits per heavy atom. The second-order valence-electron chi connectivity index (χ2n) is 10.2. The van der Waals surface area contributed by atoms with Crippen LogP contribution in [0.3, 0.4) is 0 Å². The highest BCUT2D eigenvalue weighted by Crippen LogP contribution is 2.33. The van der Waals surface area contributed by atoms with E-state index in [9.17, 15) is 19.8 Å². The van der Waals surface area contributed by atoms with E-state index in [-0.39, 0.29) is 47.3 Å². The number of nitrogens with zero attached hydrogens (tertiary/aromatic N) is 5. The quantitative estimate of drug-likeness (QED) is 0.304. The van der Waals surface area contributed by atoms with Gasteiger partial charge in [-0.05, 0) is 37.2 Å². The van der Waals surface area contributed by atoms with Gasteiger partial charge in [-0.3, -0.25) is 14.2 Å². The Balaban J connectivity index is 1.20. The third kappa shape index (κ3) is 5.29. The highest BCUT2D eigenvalue weighted by molar-refractivity contribution is 5.83. The molecule has 0 bridgehead atoms. The summed E-state index contributed by atoms with van der Waals surface area (Å²) in [6.07, 6.45) is 0.169. The molecule has 12 nitrogen and oxygen atoms in total. The summed E-state index contributed by atoms with van der Waals surface area (Å²) in [6.45, 7) is 0.228. The van der Waals surface area contributed by atoms with E-state index in [1.807, 2.05) is 30.3 Å². The Kier molecular flexibility index (Phi) is 6.64. The van der Waals surface area contributed by atoms with Crippen molar-refractivity contribution < 1.29 is 24.5 Å². The monoisotopic (exact) mass is 531 g/mol. The zero-order chi connectivity index (χ0) is 27.1. The molecular formula is C27H29N7O5. The number of aromatic nitrogens is 4. The largest absolute Gasteiger partial charge is 0.387 e. The highest BCUT2D eigenvalue weighted by Gasteiger charge is 2.48. The van der Waals surface area contributed by atoms with Crippen LogP contribution in [0.15, 0.2) is 36.7 Å². The van der Waals surface area contributed by atoms with Crippen LogP contribution in [-0.2, 0) is 20.7 Å². The molecule has 2 saturated carbocycles. The number of hydrogen-bond donors (Lipinski definition) is 4. The maximum Gasteiger partial charge on any atom is 0.252 e. The minimum absolute atomic E-state index is 0.0122. The molecule has 1 aliphatic heterocycles. The van der Waals surface area contributed by atoms with Gasteiger partial charge < -0.3 is 30.9 Å². The number of nitrogens with two attached hydrogens (primary N) is 1. The van der Waals surface area contributed by atoms with Crippen LogP contribution in [0.2, 0.25) is 0 Å². The van der Waals surface area contributed by atoms with Gasteiger partial charge in [-0.1, -0.05) is 36.3 Å². The van der Waals surface area contributed by atoms with E-state index in [0.29, 0.717) is 6.42 Å². The molecule has 1 aromatic carbocycles. The number of carbonyl (C=O) groups excluding carboxylic acids is 2. The molecule has 4 atom stereocenters. The maximum atomic E-state index is 12.9. The number of amides is 2. The van der Waals surface area contributed by atoms with Gasteiger partial charge in [0.1, 0.15) is 17.7 Å². The number of fused-ring (bicyclic) bond motifs is 1. The molecule has 3 heterocycles. The van der Waals surface area contributed by atoms with Gasteiger partial charge in [0.15, 0.2) is 23.8 Å². The van der Waals surface area contributed by atoms with Crippen molar-refractivity contribution in [2.24, 2.45) is 0 Å². The molecule has 0 radical (unpaired) electrons. The summed E-state index contributed by atoms with van der Waals surface area (Å²) in [6, 6.07) is 9.85. The predicted molar refractivity (Wildman–Crippen MR) is 139 cm³/mol. The fourth-order valence-electron chi connectivity index (χ4n) is 4.68. The van der Waals surface area contributed by atoms with Crippen molar-refractivity contribution in [1.82, 2.24) is 29.7 Å². The molecule has 5 N–H and O–H groups in total. The van der Waals surface area contributed by atoms with E-state index in [2.05, 4.69) is 32.1 Å². The third-order valence-corrected chi connectivity index (χ3v) is 7.10. The van der Waals surface area contributed by atoms with Gasteiger partial charge in [0.25, 0.3) is 5.91 Å². The number of anilines is 1. The molecular weight excluding hydrogens is 502 g/mol. The Hall–Kier alpha value is -4.05. The van der Waals surface area contributed by atoms with Crippen molar-refractivity contribution in [2.75, 3.05) is 12.3 Å². The second kappa shape index (κ2) is 10.3. The van der Waals surface area contributed by atoms with Crippen LogP contribution in [0.5, 0.6) is 0 Å². The first-order chi connectivity index (χ1) is 18.9. The summed E-state index contributed by atoms with van der Waals surface area (Å²) in [5.74, 6) is 5.62. The minimum Gasteiger partial charge on any atom is -0.387 e. The number of ether oxygens (including phenoxy) is 1. The van der Waals surface area contributed by atoms with Crippen molar-refractivity contribution in [2.45, 2.75) is 68.7 Å². The number of hydrogen-bond acceptors (Lipinski definition) is 9. The average molecular weight is 532 g/mol. The topological polar surface area (TPSA) is 169 Å². The molecule has 3 aromatic rings. The van der Waals surface area contributed by atoms with Crippen LogP contribution in [0.4, 0.5) is 5.82 Å². The van der Waals surface area contributed by atoms with Gasteiger partial charge in [-0.15, -0.1) is 0 Å². The Morgan fingerprint density at radius 1 is 1.13 bits per heavy atom. The molecule has 39 heavy (non-hydrogen) atoms. The van der Waals surface area contributed by atoms with Gasteiger partial charge in [0.05, 0.1) is 19.3 Å². The zero-order valence-corrected chi connectivity index (χ0v) is 21.1. The molecule has 202 valence electrons. The number of rotatable bonds is 7. The first-order valence-electron chi connectivity index (χ1n) is 13.0. The summed E-state index contributed by atoms with van der Waals surface area (Å²) < 4.78 is 7.17. The van der Waals surface area contributed by atoms with E-state index >= 15 is 0 Å². The van der Waals surface area contributed by atoms with Crippen LogP contribution < -0.4 is 11.1 Å². The molecule has 2 amide bonds. The standard InChI is InChI=1S/C27H29N7O5/c28-24-20-25(34(14-29-20)27-22(37)21(36)23(39-27)26(38)30-16-8-9-16)32-18(31-24)7-4-12-33(17-10-11-17)19(35)13-15-5-2-1-3-6-15/h1-3,5-6,14,16-17,21-23,27,36-37H,8-13H2,(H,30,38)(H2,28,31,32)/t21-,22+,23-,27+/m0/s1. The maximum absolute atomic E-state index is 12.9. The minimum atomic E-state index is -1.42. The highest BCUT2D eigenvalue weighted by atomic mass is 16.6. The lowest BCUT2D eigenvalue weighted by atomic mass is 10.1. The van der Waals surface area contributed by atoms with Crippen LogP contribution in [0.25, 0.3) is 11.2 Å². The fourth-order valence-corrected chi connectivity index (χ4v) is 4.68. The van der Waals surface area contributed by atoms with Gasteiger partial charge in [-0.25, -0.2) is 15.0 Å². The summed E-state index contributed by atoms with van der Waals surface area (Å²) in [5.41, 5.74) is 7.58. The number of carbonyl (C=O) groups is 2. The van der Waals surface area contributed by atoms with Crippen LogP contribution in [-0.4, -0.2) is 83.4 Å². The van der Waals surface area contributed by atoms with E-state index in [1.54, 1.807) is 4.90 Å². The van der Waals surface area contributed by atoms with Crippen molar-refractivity contribution in [3.8, 4) is 11.8 Å². The smallest absolute Gasteiger partial charge is 0.252 e. The van der Waals surface area contributed by atoms with Gasteiger partial charge in [0.2, 0.25) is 11.7 Å². The van der Waals surface area contributed by atoms with Crippen molar-refractivity contribution in [3.05, 3.63) is 48.0 Å². The van der Waals surface area contributed by atoms with E-state index in [4.69, 9.17) is 10.5 Å². The number of nitrogens with one attached hydrogen (secondary N) is 1. The Bertz CT molecular complexity index is 1460. The average Bonchev–Trinajstić information content (AvgIpc) is 3.85. The summed E-state index contributed by atoms with van der Waals surface area (Å²) in [5, 5.41) is 23.9. The van der Waals surface area contributed by atoms with Crippen LogP contribution in [0.1, 0.15) is 43.3 Å². The number of imidazole rings is 1. The predicted octanol–water partition coefficient (Wildman–Crippen LogP) is -0.108. The molecule has 1 saturated heterocycles. The van der Waals surface area contributed by atoms with Crippen molar-refractivity contribution in [1.29, 1.82) is 0 Å². The molecule has 0 unspecified atom stereocenters. The van der Waals surface area contributed by atoms with Crippen molar-refractivity contribution >= 4 is 28.8 Å². The molecule has 3 fully saturated rings. The normalized spacial score (nSPS) is 24.3. The number of benzene rings is 1. The Labute approximate surface area is 224 Å². The van der Waals surface area contributed by atoms with Gasteiger partial charge >= 0.3 is 0 Å². The van der Waals surface area contributed by atoms with Gasteiger partial charge in [0, 0.05) is 12.1 Å². The lowest BCUT2D eigenvalue weighted by Gasteiger charge is -2.19. The van der Waals surface area contributed by atoms with Crippen LogP contribution in [0, 0.1) is 11.8 Å². The molecule has 6 rings (SSSR count). The van der Waals surface area contributed by atoms with Gasteiger partial charge in [-0.2, -0.15) is 0 Å². The van der Waals surface area contributed by atoms with E-state index in [0.717, 1.165) is 31.2 Å². The summed E-state index contributed by atoms with van der Waals surface area (Å²) >= 11 is 0. The first kappa shape index (κ1) is 25.2. The fraction of sp³-hybridized carbons (Fsp3) is 0.444. The molecule has 12 heteroatoms.